The summed E-state index contributed by atoms with van der Waals surface area (Å²) >= 11 is 3.70. The molecule has 25 heavy (non-hydrogen) atoms. The molecule has 0 bridgehead atoms. The highest BCUT2D eigenvalue weighted by atomic mass is 79.9. The molecule has 0 aromatic heterocycles. The lowest BCUT2D eigenvalue weighted by Gasteiger charge is -2.25. The molecule has 0 unspecified atom stereocenters. The number of nitrogens with zero attached hydrogens (tertiary/aromatic N) is 1. The fourth-order valence-corrected chi connectivity index (χ4v) is 3.88. The van der Waals surface area contributed by atoms with Crippen molar-refractivity contribution in [2.75, 3.05) is 13.6 Å². The largest absolute Gasteiger partial charge is 0.483 e. The summed E-state index contributed by atoms with van der Waals surface area (Å²) in [4.78, 5) is 2.33. The normalized spacial score (nSPS) is 17.4. The van der Waals surface area contributed by atoms with Gasteiger partial charge < -0.3 is 4.74 Å². The van der Waals surface area contributed by atoms with E-state index < -0.39 is 0 Å². The summed E-state index contributed by atoms with van der Waals surface area (Å²) in [6, 6.07) is 25.3. The molecule has 0 saturated carbocycles. The van der Waals surface area contributed by atoms with Crippen LogP contribution in [0.25, 0.3) is 11.1 Å². The van der Waals surface area contributed by atoms with E-state index in [9.17, 15) is 0 Å². The van der Waals surface area contributed by atoms with Gasteiger partial charge in [0.05, 0.1) is 4.47 Å². The number of benzene rings is 3. The molecule has 0 aliphatic carbocycles. The van der Waals surface area contributed by atoms with Gasteiger partial charge in [-0.15, -0.1) is 0 Å². The molecule has 3 heteroatoms. The number of para-hydroxylation sites is 1. The summed E-state index contributed by atoms with van der Waals surface area (Å²) in [6.45, 7) is 1.73. The van der Waals surface area contributed by atoms with Crippen LogP contribution < -0.4 is 4.74 Å². The van der Waals surface area contributed by atoms with E-state index in [0.717, 1.165) is 28.9 Å². The molecule has 3 aromatic rings. The van der Waals surface area contributed by atoms with E-state index in [-0.39, 0.29) is 6.10 Å². The van der Waals surface area contributed by atoms with Crippen molar-refractivity contribution >= 4 is 15.9 Å². The minimum atomic E-state index is -0.0158. The SMILES string of the molecule is CN1Cc2ccccc2-c2cccc(Br)c2O[C@@H](c2ccccc2)C1. The first-order valence-electron chi connectivity index (χ1n) is 8.49. The maximum Gasteiger partial charge on any atom is 0.142 e. The van der Waals surface area contributed by atoms with Crippen LogP contribution in [0.3, 0.4) is 0 Å². The first-order valence-corrected chi connectivity index (χ1v) is 9.28. The van der Waals surface area contributed by atoms with E-state index in [4.69, 9.17) is 4.74 Å². The molecule has 0 fully saturated rings. The molecule has 4 rings (SSSR count). The lowest BCUT2D eigenvalue weighted by molar-refractivity contribution is 0.147. The van der Waals surface area contributed by atoms with Crippen LogP contribution in [0.2, 0.25) is 0 Å². The van der Waals surface area contributed by atoms with Crippen LogP contribution in [0.4, 0.5) is 0 Å². The van der Waals surface area contributed by atoms with Crippen molar-refractivity contribution in [2.24, 2.45) is 0 Å². The Bertz CT molecular complexity index is 878. The van der Waals surface area contributed by atoms with Gasteiger partial charge in [-0.3, -0.25) is 4.90 Å². The van der Waals surface area contributed by atoms with Crippen molar-refractivity contribution in [1.82, 2.24) is 4.90 Å². The van der Waals surface area contributed by atoms with Gasteiger partial charge in [-0.25, -0.2) is 0 Å². The zero-order chi connectivity index (χ0) is 17.2. The average molecular weight is 394 g/mol. The Kier molecular flexibility index (Phi) is 4.60. The molecule has 1 aliphatic rings. The van der Waals surface area contributed by atoms with Crippen molar-refractivity contribution in [3.63, 3.8) is 0 Å². The van der Waals surface area contributed by atoms with E-state index in [0.29, 0.717) is 0 Å². The van der Waals surface area contributed by atoms with Crippen LogP contribution in [0.5, 0.6) is 5.75 Å². The van der Waals surface area contributed by atoms with Gasteiger partial charge in [0.2, 0.25) is 0 Å². The molecule has 3 aromatic carbocycles. The Morgan fingerprint density at radius 2 is 1.60 bits per heavy atom. The molecule has 0 N–H and O–H groups in total. The lowest BCUT2D eigenvalue weighted by Crippen LogP contribution is -2.26. The second kappa shape index (κ2) is 7.03. The van der Waals surface area contributed by atoms with Gasteiger partial charge in [0, 0.05) is 18.7 Å². The van der Waals surface area contributed by atoms with Crippen LogP contribution >= 0.6 is 15.9 Å². The summed E-state index contributed by atoms with van der Waals surface area (Å²) in [6.07, 6.45) is -0.0158. The monoisotopic (exact) mass is 393 g/mol. The molecule has 1 aliphatic heterocycles. The Hall–Kier alpha value is -2.10. The Balaban J connectivity index is 1.87. The number of rotatable bonds is 1. The number of halogens is 1. The predicted molar refractivity (Wildman–Crippen MR) is 106 cm³/mol. The second-order valence-electron chi connectivity index (χ2n) is 6.49. The van der Waals surface area contributed by atoms with Crippen LogP contribution in [0.15, 0.2) is 77.3 Å². The topological polar surface area (TPSA) is 12.5 Å². The Morgan fingerprint density at radius 1 is 0.880 bits per heavy atom. The fourth-order valence-electron chi connectivity index (χ4n) is 3.42. The van der Waals surface area contributed by atoms with Crippen molar-refractivity contribution in [3.8, 4) is 16.9 Å². The number of likely N-dealkylation sites (N-methyl/N-ethyl adjacent to an activating group) is 1. The van der Waals surface area contributed by atoms with Gasteiger partial charge in [-0.1, -0.05) is 66.7 Å². The van der Waals surface area contributed by atoms with E-state index in [1.165, 1.54) is 16.7 Å². The van der Waals surface area contributed by atoms with Gasteiger partial charge in [-0.05, 0) is 45.7 Å². The maximum atomic E-state index is 6.57. The molecule has 1 heterocycles. The van der Waals surface area contributed by atoms with Crippen molar-refractivity contribution < 1.29 is 4.74 Å². The summed E-state index contributed by atoms with van der Waals surface area (Å²) in [5.41, 5.74) is 4.89. The van der Waals surface area contributed by atoms with Gasteiger partial charge in [-0.2, -0.15) is 0 Å². The summed E-state index contributed by atoms with van der Waals surface area (Å²) in [5.74, 6) is 0.916. The van der Waals surface area contributed by atoms with E-state index in [2.05, 4.69) is 88.5 Å². The third-order valence-corrected chi connectivity index (χ3v) is 5.25. The van der Waals surface area contributed by atoms with Crippen molar-refractivity contribution in [2.45, 2.75) is 12.6 Å². The molecule has 0 radical (unpaired) electrons. The average Bonchev–Trinajstić information content (AvgIpc) is 2.69. The van der Waals surface area contributed by atoms with E-state index >= 15 is 0 Å². The summed E-state index contributed by atoms with van der Waals surface area (Å²) in [5, 5.41) is 0. The zero-order valence-electron chi connectivity index (χ0n) is 14.2. The van der Waals surface area contributed by atoms with E-state index in [1.54, 1.807) is 0 Å². The van der Waals surface area contributed by atoms with Crippen LogP contribution in [-0.2, 0) is 6.54 Å². The number of hydrogen-bond donors (Lipinski definition) is 0. The van der Waals surface area contributed by atoms with Gasteiger partial charge in [0.15, 0.2) is 0 Å². The number of hydrogen-bond acceptors (Lipinski definition) is 2. The standard InChI is InChI=1S/C22H20BrNO/c1-24-14-17-10-5-6-11-18(17)19-12-7-13-20(23)22(19)25-21(15-24)16-8-3-2-4-9-16/h2-13,21H,14-15H2,1H3/t21-/m1/s1. The van der Waals surface area contributed by atoms with Crippen molar-refractivity contribution in [1.29, 1.82) is 0 Å². The molecule has 0 saturated heterocycles. The molecule has 0 spiro atoms. The number of fused-ring (bicyclic) bond motifs is 3. The zero-order valence-corrected chi connectivity index (χ0v) is 15.7. The first-order chi connectivity index (χ1) is 12.2. The molecule has 1 atom stereocenters. The molecular formula is C22H20BrNO. The Labute approximate surface area is 157 Å². The van der Waals surface area contributed by atoms with Gasteiger partial charge in [0.25, 0.3) is 0 Å². The summed E-state index contributed by atoms with van der Waals surface area (Å²) < 4.78 is 7.56. The van der Waals surface area contributed by atoms with Crippen LogP contribution in [0, 0.1) is 0 Å². The molecule has 126 valence electrons. The molecule has 0 amide bonds. The quantitative estimate of drug-likeness (QED) is 0.527. The summed E-state index contributed by atoms with van der Waals surface area (Å²) in [7, 11) is 2.15. The molecule has 2 nitrogen and oxygen atoms in total. The highest BCUT2D eigenvalue weighted by Crippen LogP contribution is 2.41. The van der Waals surface area contributed by atoms with E-state index in [1.807, 2.05) is 12.1 Å². The lowest BCUT2D eigenvalue weighted by atomic mass is 9.98. The third kappa shape index (κ3) is 3.35. The van der Waals surface area contributed by atoms with Gasteiger partial charge in [0.1, 0.15) is 11.9 Å². The maximum absolute atomic E-state index is 6.57. The highest BCUT2D eigenvalue weighted by molar-refractivity contribution is 9.10. The third-order valence-electron chi connectivity index (χ3n) is 4.62. The molecular weight excluding hydrogens is 374 g/mol. The minimum Gasteiger partial charge on any atom is -0.483 e. The predicted octanol–water partition coefficient (Wildman–Crippen LogP) is 5.68. The minimum absolute atomic E-state index is 0.0158. The highest BCUT2D eigenvalue weighted by Gasteiger charge is 2.23. The van der Waals surface area contributed by atoms with Crippen LogP contribution in [-0.4, -0.2) is 18.5 Å². The van der Waals surface area contributed by atoms with Gasteiger partial charge >= 0.3 is 0 Å². The fraction of sp³-hybridized carbons (Fsp3) is 0.182. The number of ether oxygens (including phenoxy) is 1. The first kappa shape index (κ1) is 16.4. The van der Waals surface area contributed by atoms with Crippen molar-refractivity contribution in [3.05, 3.63) is 88.4 Å². The second-order valence-corrected chi connectivity index (χ2v) is 7.34. The smallest absolute Gasteiger partial charge is 0.142 e. The van der Waals surface area contributed by atoms with Crippen LogP contribution in [0.1, 0.15) is 17.2 Å². The Morgan fingerprint density at radius 3 is 2.44 bits per heavy atom.